The number of aliphatic hydroxyl groups is 1. The molecule has 1 unspecified atom stereocenters. The Morgan fingerprint density at radius 2 is 2.21 bits per heavy atom. The average Bonchev–Trinajstić information content (AvgIpc) is 2.08. The van der Waals surface area contributed by atoms with Crippen molar-refractivity contribution < 1.29 is 19.4 Å². The number of carboxylic acids is 1. The lowest BCUT2D eigenvalue weighted by Crippen LogP contribution is -2.05. The Hall–Kier alpha value is -0.940. The van der Waals surface area contributed by atoms with Gasteiger partial charge in [-0.05, 0) is 33.6 Å². The summed E-state index contributed by atoms with van der Waals surface area (Å²) in [4.78, 5) is 10.3. The lowest BCUT2D eigenvalue weighted by molar-refractivity contribution is -0.139. The number of hydrogen-bond donors (Lipinski definition) is 2. The van der Waals surface area contributed by atoms with Crippen LogP contribution in [0.1, 0.15) is 18.1 Å². The second kappa shape index (κ2) is 4.52. The first-order valence-corrected chi connectivity index (χ1v) is 4.65. The number of aliphatic hydroxyl groups excluding tert-OH is 1. The highest BCUT2D eigenvalue weighted by Crippen LogP contribution is 2.22. The second-order valence-electron chi connectivity index (χ2n) is 2.79. The van der Waals surface area contributed by atoms with E-state index in [0.29, 0.717) is 0 Å². The topological polar surface area (TPSA) is 57.5 Å². The molecule has 0 bridgehead atoms. The van der Waals surface area contributed by atoms with E-state index in [1.54, 1.807) is 0 Å². The van der Waals surface area contributed by atoms with Crippen molar-refractivity contribution in [2.24, 2.45) is 0 Å². The fraction of sp³-hybridized carbons (Fsp3) is 0.222. The largest absolute Gasteiger partial charge is 0.481 e. The van der Waals surface area contributed by atoms with Crippen LogP contribution in [0.2, 0.25) is 0 Å². The summed E-state index contributed by atoms with van der Waals surface area (Å²) >= 11 is 2.96. The highest BCUT2D eigenvalue weighted by atomic mass is 79.9. The number of halogens is 2. The van der Waals surface area contributed by atoms with Gasteiger partial charge in [0.25, 0.3) is 0 Å². The lowest BCUT2D eigenvalue weighted by atomic mass is 10.1. The Morgan fingerprint density at radius 1 is 1.57 bits per heavy atom. The van der Waals surface area contributed by atoms with Gasteiger partial charge in [0.15, 0.2) is 0 Å². The van der Waals surface area contributed by atoms with Crippen LogP contribution in [0, 0.1) is 5.82 Å². The van der Waals surface area contributed by atoms with E-state index in [1.807, 2.05) is 0 Å². The Morgan fingerprint density at radius 3 is 2.71 bits per heavy atom. The summed E-state index contributed by atoms with van der Waals surface area (Å²) in [5.41, 5.74) is 0.258. The van der Waals surface area contributed by atoms with Gasteiger partial charge in [-0.1, -0.05) is 6.07 Å². The Kier molecular flexibility index (Phi) is 3.60. The summed E-state index contributed by atoms with van der Waals surface area (Å²) in [6, 6.07) is 4.01. The third kappa shape index (κ3) is 2.78. The van der Waals surface area contributed by atoms with E-state index in [2.05, 4.69) is 15.9 Å². The number of carbonyl (C=O) groups is 1. The van der Waals surface area contributed by atoms with E-state index in [0.717, 1.165) is 6.07 Å². The fourth-order valence-corrected chi connectivity index (χ4v) is 1.25. The van der Waals surface area contributed by atoms with Crippen molar-refractivity contribution in [3.63, 3.8) is 0 Å². The zero-order valence-electron chi connectivity index (χ0n) is 7.08. The summed E-state index contributed by atoms with van der Waals surface area (Å²) in [5.74, 6) is -1.65. The molecule has 0 spiro atoms. The van der Waals surface area contributed by atoms with Crippen molar-refractivity contribution in [1.82, 2.24) is 0 Å². The minimum Gasteiger partial charge on any atom is -0.481 e. The molecule has 5 heteroatoms. The number of carboxylic acid groups (broad SMARTS) is 1. The number of rotatable bonds is 3. The highest BCUT2D eigenvalue weighted by molar-refractivity contribution is 9.10. The Bertz CT molecular complexity index is 354. The smallest absolute Gasteiger partial charge is 0.306 e. The lowest BCUT2D eigenvalue weighted by Gasteiger charge is -2.08. The molecule has 14 heavy (non-hydrogen) atoms. The minimum atomic E-state index is -1.17. The van der Waals surface area contributed by atoms with Crippen LogP contribution in [0.5, 0.6) is 0 Å². The van der Waals surface area contributed by atoms with Gasteiger partial charge in [0, 0.05) is 0 Å². The van der Waals surface area contributed by atoms with Crippen molar-refractivity contribution >= 4 is 21.9 Å². The van der Waals surface area contributed by atoms with E-state index in [9.17, 15) is 14.3 Å². The zero-order chi connectivity index (χ0) is 10.7. The van der Waals surface area contributed by atoms with E-state index in [1.165, 1.54) is 12.1 Å². The van der Waals surface area contributed by atoms with Gasteiger partial charge >= 0.3 is 5.97 Å². The normalized spacial score (nSPS) is 12.5. The van der Waals surface area contributed by atoms with Crippen LogP contribution < -0.4 is 0 Å². The van der Waals surface area contributed by atoms with Crippen LogP contribution in [0.3, 0.4) is 0 Å². The fourth-order valence-electron chi connectivity index (χ4n) is 1.00. The maximum atomic E-state index is 13.0. The van der Waals surface area contributed by atoms with Crippen molar-refractivity contribution in [3.8, 4) is 0 Å². The van der Waals surface area contributed by atoms with Crippen molar-refractivity contribution in [3.05, 3.63) is 34.1 Å². The first-order chi connectivity index (χ1) is 6.50. The molecule has 0 radical (unpaired) electrons. The summed E-state index contributed by atoms with van der Waals surface area (Å²) in [7, 11) is 0. The molecule has 0 saturated carbocycles. The number of aliphatic carboxylic acids is 1. The molecule has 2 N–H and O–H groups in total. The van der Waals surface area contributed by atoms with Crippen molar-refractivity contribution in [1.29, 1.82) is 0 Å². The van der Waals surface area contributed by atoms with Crippen LogP contribution >= 0.6 is 15.9 Å². The zero-order valence-corrected chi connectivity index (χ0v) is 8.66. The first-order valence-electron chi connectivity index (χ1n) is 3.85. The van der Waals surface area contributed by atoms with Crippen LogP contribution in [-0.4, -0.2) is 16.2 Å². The van der Waals surface area contributed by atoms with Gasteiger partial charge in [0.2, 0.25) is 0 Å². The van der Waals surface area contributed by atoms with E-state index in [-0.39, 0.29) is 10.0 Å². The molecule has 1 aromatic rings. The van der Waals surface area contributed by atoms with Crippen LogP contribution in [0.25, 0.3) is 0 Å². The minimum absolute atomic E-state index is 0.258. The van der Waals surface area contributed by atoms with Crippen LogP contribution in [-0.2, 0) is 4.79 Å². The molecule has 0 heterocycles. The van der Waals surface area contributed by atoms with E-state index < -0.39 is 24.3 Å². The molecule has 1 aromatic carbocycles. The molecule has 1 atom stereocenters. The van der Waals surface area contributed by atoms with Crippen LogP contribution in [0.15, 0.2) is 22.7 Å². The molecule has 0 aliphatic rings. The quantitative estimate of drug-likeness (QED) is 0.877. The third-order valence-electron chi connectivity index (χ3n) is 1.70. The molecule has 0 amide bonds. The molecule has 0 aliphatic carbocycles. The maximum absolute atomic E-state index is 13.0. The van der Waals surface area contributed by atoms with Gasteiger partial charge in [-0.3, -0.25) is 4.79 Å². The average molecular weight is 263 g/mol. The summed E-state index contributed by atoms with van der Waals surface area (Å²) < 4.78 is 13.3. The molecule has 0 saturated heterocycles. The van der Waals surface area contributed by atoms with Gasteiger partial charge in [-0.25, -0.2) is 4.39 Å². The second-order valence-corrected chi connectivity index (χ2v) is 3.64. The first kappa shape index (κ1) is 11.1. The standard InChI is InChI=1S/C9H8BrFO3/c10-6-2-1-5(3-7(6)11)8(12)4-9(13)14/h1-3,8,12H,4H2,(H,13,14). The molecule has 0 aliphatic heterocycles. The Labute approximate surface area is 88.3 Å². The van der Waals surface area contributed by atoms with Gasteiger partial charge in [-0.2, -0.15) is 0 Å². The number of hydrogen-bond acceptors (Lipinski definition) is 2. The molecule has 0 fully saturated rings. The molecule has 1 rings (SSSR count). The van der Waals surface area contributed by atoms with Crippen molar-refractivity contribution in [2.45, 2.75) is 12.5 Å². The van der Waals surface area contributed by atoms with Crippen molar-refractivity contribution in [2.75, 3.05) is 0 Å². The molecule has 0 aromatic heterocycles. The SMILES string of the molecule is O=C(O)CC(O)c1ccc(Br)c(F)c1. The maximum Gasteiger partial charge on any atom is 0.306 e. The molecule has 3 nitrogen and oxygen atoms in total. The van der Waals surface area contributed by atoms with Gasteiger partial charge in [0.05, 0.1) is 17.0 Å². The molecular weight excluding hydrogens is 255 g/mol. The van der Waals surface area contributed by atoms with Gasteiger partial charge in [-0.15, -0.1) is 0 Å². The van der Waals surface area contributed by atoms with E-state index in [4.69, 9.17) is 5.11 Å². The van der Waals surface area contributed by atoms with Gasteiger partial charge in [0.1, 0.15) is 5.82 Å². The van der Waals surface area contributed by atoms with E-state index >= 15 is 0 Å². The Balaban J connectivity index is 2.85. The predicted molar refractivity (Wildman–Crippen MR) is 51.3 cm³/mol. The molecule has 76 valence electrons. The predicted octanol–water partition coefficient (Wildman–Crippen LogP) is 2.10. The summed E-state index contributed by atoms with van der Waals surface area (Å²) in [6.07, 6.45) is -1.60. The van der Waals surface area contributed by atoms with Gasteiger partial charge < -0.3 is 10.2 Å². The highest BCUT2D eigenvalue weighted by Gasteiger charge is 2.13. The molecular formula is C9H8BrFO3. The third-order valence-corrected chi connectivity index (χ3v) is 2.34. The monoisotopic (exact) mass is 262 g/mol. The summed E-state index contributed by atoms with van der Waals surface area (Å²) in [5, 5.41) is 17.7. The van der Waals surface area contributed by atoms with Crippen LogP contribution in [0.4, 0.5) is 4.39 Å². The summed E-state index contributed by atoms with van der Waals surface area (Å²) in [6.45, 7) is 0. The number of benzene rings is 1.